The second kappa shape index (κ2) is 7.15. The lowest BCUT2D eigenvalue weighted by Gasteiger charge is -2.12. The van der Waals surface area contributed by atoms with Crippen LogP contribution in [-0.4, -0.2) is 24.1 Å². The van der Waals surface area contributed by atoms with Gasteiger partial charge in [0.25, 0.3) is 0 Å². The number of halogens is 3. The lowest BCUT2D eigenvalue weighted by molar-refractivity contribution is -0.137. The molecule has 6 heteroatoms. The lowest BCUT2D eigenvalue weighted by atomic mass is 9.92. The molecule has 0 aromatic heterocycles. The summed E-state index contributed by atoms with van der Waals surface area (Å²) in [6, 6.07) is 4.92. The summed E-state index contributed by atoms with van der Waals surface area (Å²) in [6.07, 6.45) is 2.63. The van der Waals surface area contributed by atoms with Crippen LogP contribution in [0.3, 0.4) is 0 Å². The van der Waals surface area contributed by atoms with Gasteiger partial charge in [-0.1, -0.05) is 18.2 Å². The van der Waals surface area contributed by atoms with Crippen LogP contribution >= 0.6 is 0 Å². The molecule has 24 heavy (non-hydrogen) atoms. The van der Waals surface area contributed by atoms with E-state index in [0.717, 1.165) is 25.0 Å². The van der Waals surface area contributed by atoms with Gasteiger partial charge in [0, 0.05) is 6.42 Å². The summed E-state index contributed by atoms with van der Waals surface area (Å²) in [5.74, 6) is 1.01. The molecule has 1 heterocycles. The van der Waals surface area contributed by atoms with Crippen molar-refractivity contribution in [1.82, 2.24) is 0 Å². The third-order valence-corrected chi connectivity index (χ3v) is 4.72. The molecular weight excluding hydrogens is 321 g/mol. The minimum absolute atomic E-state index is 0.163. The Morgan fingerprint density at radius 2 is 2.12 bits per heavy atom. The van der Waals surface area contributed by atoms with Gasteiger partial charge in [-0.2, -0.15) is 13.2 Å². The molecule has 1 N–H and O–H groups in total. The Morgan fingerprint density at radius 1 is 1.29 bits per heavy atom. The second-order valence-corrected chi connectivity index (χ2v) is 6.36. The number of rotatable bonds is 5. The van der Waals surface area contributed by atoms with Gasteiger partial charge in [0.05, 0.1) is 18.3 Å². The number of allylic oxidation sites excluding steroid dienone is 1. The second-order valence-electron chi connectivity index (χ2n) is 6.36. The van der Waals surface area contributed by atoms with Crippen LogP contribution in [0.25, 0.3) is 0 Å². The van der Waals surface area contributed by atoms with Crippen molar-refractivity contribution in [3.8, 4) is 5.75 Å². The zero-order valence-electron chi connectivity index (χ0n) is 13.2. The molecule has 132 valence electrons. The highest BCUT2D eigenvalue weighted by atomic mass is 19.4. The number of aliphatic hydroxyl groups excluding tert-OH is 1. The molecule has 0 spiro atoms. The van der Waals surface area contributed by atoms with Crippen molar-refractivity contribution >= 4 is 0 Å². The lowest BCUT2D eigenvalue weighted by Crippen LogP contribution is -2.12. The number of fused-ring (bicyclic) bond motifs is 1. The summed E-state index contributed by atoms with van der Waals surface area (Å²) in [7, 11) is 0. The number of aliphatic hydroxyl groups is 1. The Kier molecular flexibility index (Phi) is 5.15. The number of ether oxygens (including phenoxy) is 2. The third-order valence-electron chi connectivity index (χ3n) is 4.72. The van der Waals surface area contributed by atoms with Gasteiger partial charge >= 0.3 is 6.18 Å². The van der Waals surface area contributed by atoms with Crippen LogP contribution in [0.5, 0.6) is 5.75 Å². The van der Waals surface area contributed by atoms with Gasteiger partial charge < -0.3 is 14.6 Å². The molecule has 1 aromatic rings. The van der Waals surface area contributed by atoms with Crippen LogP contribution in [-0.2, 0) is 10.9 Å². The van der Waals surface area contributed by atoms with E-state index in [2.05, 4.69) is 6.08 Å². The zero-order valence-corrected chi connectivity index (χ0v) is 13.2. The van der Waals surface area contributed by atoms with E-state index in [0.29, 0.717) is 31.3 Å². The monoisotopic (exact) mass is 342 g/mol. The number of hydrogen-bond donors (Lipinski definition) is 1. The van der Waals surface area contributed by atoms with Crippen molar-refractivity contribution in [2.24, 2.45) is 11.8 Å². The van der Waals surface area contributed by atoms with E-state index in [9.17, 15) is 18.3 Å². The first-order valence-electron chi connectivity index (χ1n) is 8.24. The first-order chi connectivity index (χ1) is 11.4. The van der Waals surface area contributed by atoms with Gasteiger partial charge in [-0.15, -0.1) is 0 Å². The normalized spacial score (nSPS) is 30.0. The summed E-state index contributed by atoms with van der Waals surface area (Å²) in [5, 5.41) is 9.52. The molecule has 1 aliphatic heterocycles. The Labute approximate surface area is 139 Å². The Morgan fingerprint density at radius 3 is 2.92 bits per heavy atom. The minimum Gasteiger partial charge on any atom is -0.493 e. The van der Waals surface area contributed by atoms with Crippen LogP contribution in [0, 0.1) is 11.8 Å². The Bertz CT molecular complexity index is 585. The maximum atomic E-state index is 12.6. The molecule has 3 rings (SSSR count). The SMILES string of the molecule is O[C@@H]1C[C@H]2[C@H](CC[C@@H]2/C=C/CCOc2cccc(C(F)(F)F)c2)O1. The summed E-state index contributed by atoms with van der Waals surface area (Å²) >= 11 is 0. The van der Waals surface area contributed by atoms with Crippen LogP contribution in [0.15, 0.2) is 36.4 Å². The van der Waals surface area contributed by atoms with Gasteiger partial charge in [-0.3, -0.25) is 0 Å². The summed E-state index contributed by atoms with van der Waals surface area (Å²) in [6.45, 7) is 0.331. The zero-order chi connectivity index (χ0) is 17.2. The molecule has 1 saturated heterocycles. The highest BCUT2D eigenvalue weighted by Crippen LogP contribution is 2.43. The standard InChI is InChI=1S/C18H21F3O3/c19-18(20,21)13-5-3-6-14(10-13)23-9-2-1-4-12-7-8-16-15(12)11-17(22)24-16/h1,3-6,10,12,15-17,22H,2,7-9,11H2/b4-1+/t12-,15+,16-,17-/m0/s1. The summed E-state index contributed by atoms with van der Waals surface area (Å²) < 4.78 is 48.7. The molecule has 2 aliphatic rings. The van der Waals surface area contributed by atoms with Gasteiger partial charge in [-0.05, 0) is 49.3 Å². The van der Waals surface area contributed by atoms with E-state index in [1.807, 2.05) is 6.08 Å². The molecule has 0 radical (unpaired) electrons. The molecule has 0 amide bonds. The Balaban J connectivity index is 1.44. The smallest absolute Gasteiger partial charge is 0.416 e. The van der Waals surface area contributed by atoms with E-state index < -0.39 is 18.0 Å². The maximum Gasteiger partial charge on any atom is 0.416 e. The van der Waals surface area contributed by atoms with Gasteiger partial charge in [0.1, 0.15) is 5.75 Å². The van der Waals surface area contributed by atoms with Crippen LogP contribution in [0.2, 0.25) is 0 Å². The molecule has 3 nitrogen and oxygen atoms in total. The molecule has 1 saturated carbocycles. The van der Waals surface area contributed by atoms with E-state index in [1.54, 1.807) is 0 Å². The fourth-order valence-corrected chi connectivity index (χ4v) is 3.56. The topological polar surface area (TPSA) is 38.7 Å². The fourth-order valence-electron chi connectivity index (χ4n) is 3.56. The first-order valence-corrected chi connectivity index (χ1v) is 8.24. The fraction of sp³-hybridized carbons (Fsp3) is 0.556. The number of hydrogen-bond acceptors (Lipinski definition) is 3. The average Bonchev–Trinajstić information content (AvgIpc) is 3.06. The average molecular weight is 342 g/mol. The summed E-state index contributed by atoms with van der Waals surface area (Å²) in [4.78, 5) is 0. The van der Waals surface area contributed by atoms with Gasteiger partial charge in [-0.25, -0.2) is 0 Å². The molecule has 0 bridgehead atoms. The molecule has 0 unspecified atom stereocenters. The highest BCUT2D eigenvalue weighted by molar-refractivity contribution is 5.30. The summed E-state index contributed by atoms with van der Waals surface area (Å²) in [5.41, 5.74) is -0.702. The quantitative estimate of drug-likeness (QED) is 0.645. The van der Waals surface area contributed by atoms with Crippen molar-refractivity contribution in [2.75, 3.05) is 6.61 Å². The van der Waals surface area contributed by atoms with Crippen LogP contribution < -0.4 is 4.74 Å². The van der Waals surface area contributed by atoms with Gasteiger partial charge in [0.2, 0.25) is 0 Å². The number of benzene rings is 1. The molecule has 1 aliphatic carbocycles. The van der Waals surface area contributed by atoms with E-state index in [-0.39, 0.29) is 11.9 Å². The Hall–Kier alpha value is -1.53. The molecule has 2 fully saturated rings. The first kappa shape index (κ1) is 17.3. The largest absolute Gasteiger partial charge is 0.493 e. The predicted molar refractivity (Wildman–Crippen MR) is 82.4 cm³/mol. The predicted octanol–water partition coefficient (Wildman–Crippen LogP) is 4.16. The van der Waals surface area contributed by atoms with Crippen molar-refractivity contribution in [3.63, 3.8) is 0 Å². The van der Waals surface area contributed by atoms with Crippen LogP contribution in [0.1, 0.15) is 31.2 Å². The van der Waals surface area contributed by atoms with Crippen molar-refractivity contribution < 1.29 is 27.8 Å². The highest BCUT2D eigenvalue weighted by Gasteiger charge is 2.42. The van der Waals surface area contributed by atoms with Crippen molar-refractivity contribution in [3.05, 3.63) is 42.0 Å². The third kappa shape index (κ3) is 4.11. The minimum atomic E-state index is -4.35. The number of alkyl halides is 3. The van der Waals surface area contributed by atoms with Crippen molar-refractivity contribution in [1.29, 1.82) is 0 Å². The van der Waals surface area contributed by atoms with E-state index in [4.69, 9.17) is 9.47 Å². The molecular formula is C18H21F3O3. The molecule has 4 atom stereocenters. The molecule has 1 aromatic carbocycles. The maximum absolute atomic E-state index is 12.6. The van der Waals surface area contributed by atoms with Crippen LogP contribution in [0.4, 0.5) is 13.2 Å². The van der Waals surface area contributed by atoms with E-state index in [1.165, 1.54) is 12.1 Å². The van der Waals surface area contributed by atoms with Gasteiger partial charge in [0.15, 0.2) is 6.29 Å². The van der Waals surface area contributed by atoms with Crippen molar-refractivity contribution in [2.45, 2.75) is 44.3 Å². The van der Waals surface area contributed by atoms with E-state index >= 15 is 0 Å².